The fraction of sp³-hybridized carbons (Fsp3) is 0.800. The molecule has 1 aromatic heterocycles. The molecule has 1 atom stereocenters. The normalized spacial score (nSPS) is 22.0. The maximum atomic E-state index is 12.7. The molecule has 1 aromatic rings. The number of aryl methyl sites for hydroxylation is 1. The molecule has 2 saturated heterocycles. The minimum atomic E-state index is -0.0948. The van der Waals surface area contributed by atoms with Crippen LogP contribution in [0.4, 0.5) is 4.79 Å². The molecule has 0 aromatic carbocycles. The lowest BCUT2D eigenvalue weighted by molar-refractivity contribution is -0.0161. The van der Waals surface area contributed by atoms with E-state index in [-0.39, 0.29) is 24.3 Å². The lowest BCUT2D eigenvalue weighted by Gasteiger charge is -2.36. The summed E-state index contributed by atoms with van der Waals surface area (Å²) in [6.45, 7) is 12.5. The number of nitrogens with one attached hydrogen (secondary N) is 1. The van der Waals surface area contributed by atoms with Gasteiger partial charge in [0.1, 0.15) is 6.10 Å². The second-order valence-corrected chi connectivity index (χ2v) is 7.92. The number of nitrogens with zero attached hydrogens (tertiary/aromatic N) is 4. The Morgan fingerprint density at radius 2 is 2.14 bits per heavy atom. The summed E-state index contributed by atoms with van der Waals surface area (Å²) in [4.78, 5) is 17.0. The van der Waals surface area contributed by atoms with E-state index in [9.17, 15) is 4.79 Å². The molecule has 3 heterocycles. The van der Waals surface area contributed by atoms with Crippen LogP contribution in [0.1, 0.15) is 45.3 Å². The van der Waals surface area contributed by atoms with E-state index in [4.69, 9.17) is 9.47 Å². The number of amides is 2. The van der Waals surface area contributed by atoms with Crippen LogP contribution in [0, 0.1) is 0 Å². The Morgan fingerprint density at radius 1 is 1.36 bits per heavy atom. The van der Waals surface area contributed by atoms with E-state index < -0.39 is 0 Å². The van der Waals surface area contributed by atoms with Crippen molar-refractivity contribution in [2.75, 3.05) is 45.9 Å². The molecule has 1 N–H and O–H groups in total. The summed E-state index contributed by atoms with van der Waals surface area (Å²) in [6.07, 6.45) is 6.02. The number of hydrogen-bond donors (Lipinski definition) is 1. The highest BCUT2D eigenvalue weighted by Crippen LogP contribution is 2.22. The van der Waals surface area contributed by atoms with Crippen LogP contribution in [0.5, 0.6) is 0 Å². The second-order valence-electron chi connectivity index (χ2n) is 7.92. The van der Waals surface area contributed by atoms with Gasteiger partial charge in [0.25, 0.3) is 0 Å². The van der Waals surface area contributed by atoms with Crippen molar-refractivity contribution in [1.82, 2.24) is 24.9 Å². The molecule has 0 aliphatic carbocycles. The number of rotatable bonds is 7. The molecule has 1 unspecified atom stereocenters. The van der Waals surface area contributed by atoms with Gasteiger partial charge in [-0.2, -0.15) is 5.10 Å². The molecule has 158 valence electrons. The molecule has 0 radical (unpaired) electrons. The van der Waals surface area contributed by atoms with Gasteiger partial charge in [0.05, 0.1) is 32.1 Å². The van der Waals surface area contributed by atoms with Crippen LogP contribution >= 0.6 is 0 Å². The standard InChI is InChI=1S/C20H35N5O3/c1-4-25-14-17(13-21-25)19-15-24(10-12-28-19)20(26)22-18-5-7-23(8-6-18)9-11-27-16(2)3/h13-14,16,18-19H,4-12,15H2,1-3H3,(H,22,26). The maximum Gasteiger partial charge on any atom is 0.317 e. The van der Waals surface area contributed by atoms with Crippen molar-refractivity contribution in [3.8, 4) is 0 Å². The molecule has 3 rings (SSSR count). The lowest BCUT2D eigenvalue weighted by atomic mass is 10.1. The SMILES string of the molecule is CCn1cc(C2CN(C(=O)NC3CCN(CCOC(C)C)CC3)CCO2)cn1. The zero-order valence-corrected chi connectivity index (χ0v) is 17.5. The minimum Gasteiger partial charge on any atom is -0.377 e. The lowest BCUT2D eigenvalue weighted by Crippen LogP contribution is -2.52. The van der Waals surface area contributed by atoms with Gasteiger partial charge in [-0.1, -0.05) is 0 Å². The fourth-order valence-electron chi connectivity index (χ4n) is 3.74. The van der Waals surface area contributed by atoms with Crippen molar-refractivity contribution < 1.29 is 14.3 Å². The Kier molecular flexibility index (Phi) is 7.70. The zero-order chi connectivity index (χ0) is 19.9. The van der Waals surface area contributed by atoms with Gasteiger partial charge >= 0.3 is 6.03 Å². The summed E-state index contributed by atoms with van der Waals surface area (Å²) in [7, 11) is 0. The van der Waals surface area contributed by atoms with Crippen LogP contribution in [0.25, 0.3) is 0 Å². The molecule has 0 spiro atoms. The highest BCUT2D eigenvalue weighted by molar-refractivity contribution is 5.74. The smallest absolute Gasteiger partial charge is 0.317 e. The molecule has 8 heteroatoms. The Hall–Kier alpha value is -1.64. The summed E-state index contributed by atoms with van der Waals surface area (Å²) in [5.74, 6) is 0. The first-order chi connectivity index (χ1) is 13.5. The number of carbonyl (C=O) groups excluding carboxylic acids is 1. The van der Waals surface area contributed by atoms with Crippen molar-refractivity contribution in [3.63, 3.8) is 0 Å². The average molecular weight is 394 g/mol. The molecule has 8 nitrogen and oxygen atoms in total. The van der Waals surface area contributed by atoms with Crippen molar-refractivity contribution >= 4 is 6.03 Å². The van der Waals surface area contributed by atoms with Crippen molar-refractivity contribution in [3.05, 3.63) is 18.0 Å². The van der Waals surface area contributed by atoms with Gasteiger partial charge < -0.3 is 24.6 Å². The number of morpholine rings is 1. The van der Waals surface area contributed by atoms with Crippen molar-refractivity contribution in [1.29, 1.82) is 0 Å². The number of ether oxygens (including phenoxy) is 2. The Morgan fingerprint density at radius 3 is 2.82 bits per heavy atom. The molecular formula is C20H35N5O3. The number of piperidine rings is 1. The molecule has 2 aliphatic heterocycles. The largest absolute Gasteiger partial charge is 0.377 e. The summed E-state index contributed by atoms with van der Waals surface area (Å²) in [5, 5.41) is 7.54. The molecule has 0 bridgehead atoms. The van der Waals surface area contributed by atoms with Gasteiger partial charge in [0.2, 0.25) is 0 Å². The Balaban J connectivity index is 1.41. The number of urea groups is 1. The topological polar surface area (TPSA) is 71.9 Å². The highest BCUT2D eigenvalue weighted by atomic mass is 16.5. The maximum absolute atomic E-state index is 12.7. The number of carbonyl (C=O) groups is 1. The first-order valence-corrected chi connectivity index (χ1v) is 10.6. The van der Waals surface area contributed by atoms with E-state index in [1.807, 2.05) is 22.0 Å². The predicted molar refractivity (Wildman–Crippen MR) is 107 cm³/mol. The van der Waals surface area contributed by atoms with E-state index in [0.717, 1.165) is 51.2 Å². The van der Waals surface area contributed by atoms with E-state index in [0.29, 0.717) is 19.7 Å². The van der Waals surface area contributed by atoms with Crippen LogP contribution < -0.4 is 5.32 Å². The molecule has 2 amide bonds. The van der Waals surface area contributed by atoms with Gasteiger partial charge in [0, 0.05) is 50.5 Å². The molecular weight excluding hydrogens is 358 g/mol. The number of hydrogen-bond acceptors (Lipinski definition) is 5. The summed E-state index contributed by atoms with van der Waals surface area (Å²) < 4.78 is 13.4. The highest BCUT2D eigenvalue weighted by Gasteiger charge is 2.28. The summed E-state index contributed by atoms with van der Waals surface area (Å²) in [5.41, 5.74) is 1.04. The van der Waals surface area contributed by atoms with Crippen LogP contribution in [0.15, 0.2) is 12.4 Å². The third kappa shape index (κ3) is 5.93. The quantitative estimate of drug-likeness (QED) is 0.766. The number of likely N-dealkylation sites (tertiary alicyclic amines) is 1. The van der Waals surface area contributed by atoms with Gasteiger partial charge in [-0.25, -0.2) is 4.79 Å². The molecule has 0 saturated carbocycles. The van der Waals surface area contributed by atoms with E-state index >= 15 is 0 Å². The fourth-order valence-corrected chi connectivity index (χ4v) is 3.74. The van der Waals surface area contributed by atoms with Crippen LogP contribution in [0.2, 0.25) is 0 Å². The molecule has 2 aliphatic rings. The van der Waals surface area contributed by atoms with Gasteiger partial charge in [-0.3, -0.25) is 4.68 Å². The van der Waals surface area contributed by atoms with Crippen LogP contribution in [0.3, 0.4) is 0 Å². The van der Waals surface area contributed by atoms with Gasteiger partial charge in [-0.05, 0) is 33.6 Å². The Labute approximate surface area is 168 Å². The van der Waals surface area contributed by atoms with Crippen molar-refractivity contribution in [2.45, 2.75) is 58.4 Å². The molecule has 28 heavy (non-hydrogen) atoms. The molecule has 2 fully saturated rings. The first-order valence-electron chi connectivity index (χ1n) is 10.6. The predicted octanol–water partition coefficient (Wildman–Crippen LogP) is 1.88. The third-order valence-electron chi connectivity index (χ3n) is 5.48. The average Bonchev–Trinajstić information content (AvgIpc) is 3.18. The van der Waals surface area contributed by atoms with Crippen molar-refractivity contribution in [2.24, 2.45) is 0 Å². The van der Waals surface area contributed by atoms with E-state index in [1.54, 1.807) is 0 Å². The van der Waals surface area contributed by atoms with Gasteiger partial charge in [-0.15, -0.1) is 0 Å². The Bertz CT molecular complexity index is 613. The third-order valence-corrected chi connectivity index (χ3v) is 5.48. The minimum absolute atomic E-state index is 0.0257. The van der Waals surface area contributed by atoms with Gasteiger partial charge in [0.15, 0.2) is 0 Å². The zero-order valence-electron chi connectivity index (χ0n) is 17.5. The summed E-state index contributed by atoms with van der Waals surface area (Å²) >= 11 is 0. The summed E-state index contributed by atoms with van der Waals surface area (Å²) in [6, 6.07) is 0.275. The second kappa shape index (κ2) is 10.2. The van der Waals surface area contributed by atoms with E-state index in [1.165, 1.54) is 0 Å². The van der Waals surface area contributed by atoms with Crippen LogP contribution in [-0.2, 0) is 16.0 Å². The number of aromatic nitrogens is 2. The monoisotopic (exact) mass is 393 g/mol. The van der Waals surface area contributed by atoms with Crippen LogP contribution in [-0.4, -0.2) is 83.7 Å². The first kappa shape index (κ1) is 21.1. The van der Waals surface area contributed by atoms with E-state index in [2.05, 4.69) is 36.1 Å².